The highest BCUT2D eigenvalue weighted by molar-refractivity contribution is 8.00. The van der Waals surface area contributed by atoms with Gasteiger partial charge >= 0.3 is 0 Å². The summed E-state index contributed by atoms with van der Waals surface area (Å²) in [5.41, 5.74) is 2.56. The molecule has 9 heteroatoms. The Bertz CT molecular complexity index is 1150. The minimum atomic E-state index is -0.512. The van der Waals surface area contributed by atoms with Gasteiger partial charge in [-0.15, -0.1) is 11.8 Å². The average Bonchev–Trinajstić information content (AvgIpc) is 3.21. The van der Waals surface area contributed by atoms with Gasteiger partial charge in [-0.1, -0.05) is 12.1 Å². The molecular formula is C23H19N3O5S. The molecule has 0 aliphatic carbocycles. The number of benzene rings is 3. The number of anilines is 2. The number of amides is 2. The number of nitrogens with zero attached hydrogens (tertiary/aromatic N) is 2. The molecule has 162 valence electrons. The zero-order valence-corrected chi connectivity index (χ0v) is 17.9. The second kappa shape index (κ2) is 9.11. The van der Waals surface area contributed by atoms with Crippen molar-refractivity contribution in [2.45, 2.75) is 5.37 Å². The molecule has 1 heterocycles. The van der Waals surface area contributed by atoms with Gasteiger partial charge < -0.3 is 10.1 Å². The maximum Gasteiger partial charge on any atom is 0.269 e. The first-order chi connectivity index (χ1) is 15.5. The fourth-order valence-corrected chi connectivity index (χ4v) is 4.54. The Balaban J connectivity index is 1.48. The van der Waals surface area contributed by atoms with E-state index in [0.717, 1.165) is 17.0 Å². The summed E-state index contributed by atoms with van der Waals surface area (Å²) in [6, 6.07) is 20.0. The monoisotopic (exact) mass is 449 g/mol. The number of nitro groups is 1. The molecular weight excluding hydrogens is 430 g/mol. The molecule has 32 heavy (non-hydrogen) atoms. The first-order valence-corrected chi connectivity index (χ1v) is 10.7. The molecule has 1 unspecified atom stereocenters. The molecule has 0 saturated carbocycles. The molecule has 1 aliphatic rings. The topological polar surface area (TPSA) is 102 Å². The van der Waals surface area contributed by atoms with E-state index in [2.05, 4.69) is 5.32 Å². The molecule has 3 aromatic rings. The van der Waals surface area contributed by atoms with Crippen LogP contribution in [0.3, 0.4) is 0 Å². The number of nitro benzene ring substituents is 1. The highest BCUT2D eigenvalue weighted by atomic mass is 32.2. The lowest BCUT2D eigenvalue weighted by Crippen LogP contribution is -2.27. The Morgan fingerprint density at radius 2 is 1.72 bits per heavy atom. The van der Waals surface area contributed by atoms with Crippen LogP contribution >= 0.6 is 11.8 Å². The van der Waals surface area contributed by atoms with Gasteiger partial charge in [0, 0.05) is 29.1 Å². The molecule has 1 saturated heterocycles. The normalized spacial score (nSPS) is 15.5. The van der Waals surface area contributed by atoms with E-state index >= 15 is 0 Å². The lowest BCUT2D eigenvalue weighted by molar-refractivity contribution is -0.384. The second-order valence-electron chi connectivity index (χ2n) is 7.01. The van der Waals surface area contributed by atoms with Crippen molar-refractivity contribution in [1.29, 1.82) is 0 Å². The van der Waals surface area contributed by atoms with Gasteiger partial charge in [-0.2, -0.15) is 0 Å². The number of carbonyl (C=O) groups excluding carboxylic acids is 2. The third-order valence-electron chi connectivity index (χ3n) is 5.01. The van der Waals surface area contributed by atoms with Gasteiger partial charge in [0.1, 0.15) is 11.1 Å². The summed E-state index contributed by atoms with van der Waals surface area (Å²) < 4.78 is 5.19. The van der Waals surface area contributed by atoms with Crippen LogP contribution in [0, 0.1) is 10.1 Å². The Kier molecular flexibility index (Phi) is 6.09. The largest absolute Gasteiger partial charge is 0.497 e. The third-order valence-corrected chi connectivity index (χ3v) is 6.22. The van der Waals surface area contributed by atoms with Crippen molar-refractivity contribution in [3.63, 3.8) is 0 Å². The van der Waals surface area contributed by atoms with Gasteiger partial charge in [-0.25, -0.2) is 0 Å². The number of carbonyl (C=O) groups is 2. The molecule has 0 aromatic heterocycles. The zero-order valence-electron chi connectivity index (χ0n) is 17.1. The predicted octanol–water partition coefficient (Wildman–Crippen LogP) is 4.63. The van der Waals surface area contributed by atoms with Crippen molar-refractivity contribution in [1.82, 2.24) is 0 Å². The highest BCUT2D eigenvalue weighted by Gasteiger charge is 2.34. The zero-order chi connectivity index (χ0) is 22.7. The summed E-state index contributed by atoms with van der Waals surface area (Å²) in [6.45, 7) is 0. The van der Waals surface area contributed by atoms with Crippen LogP contribution in [0.15, 0.2) is 72.8 Å². The fraction of sp³-hybridized carbons (Fsp3) is 0.130. The van der Waals surface area contributed by atoms with E-state index in [4.69, 9.17) is 4.74 Å². The van der Waals surface area contributed by atoms with E-state index in [1.807, 2.05) is 36.4 Å². The molecule has 1 atom stereocenters. The molecule has 2 amide bonds. The second-order valence-corrected chi connectivity index (χ2v) is 8.07. The number of hydrogen-bond acceptors (Lipinski definition) is 6. The van der Waals surface area contributed by atoms with E-state index in [1.165, 1.54) is 36.0 Å². The summed E-state index contributed by atoms with van der Waals surface area (Å²) in [7, 11) is 1.59. The van der Waals surface area contributed by atoms with Gasteiger partial charge in [0.05, 0.1) is 17.8 Å². The number of methoxy groups -OCH3 is 1. The number of thioether (sulfide) groups is 1. The lowest BCUT2D eigenvalue weighted by atomic mass is 10.1. The minimum Gasteiger partial charge on any atom is -0.497 e. The summed E-state index contributed by atoms with van der Waals surface area (Å²) in [5.74, 6) is 0.770. The Hall–Kier alpha value is -3.85. The Morgan fingerprint density at radius 1 is 1.06 bits per heavy atom. The third kappa shape index (κ3) is 4.42. The van der Waals surface area contributed by atoms with E-state index in [-0.39, 0.29) is 22.9 Å². The van der Waals surface area contributed by atoms with Crippen molar-refractivity contribution >= 4 is 40.6 Å². The maximum atomic E-state index is 12.5. The average molecular weight is 449 g/mol. The molecule has 0 bridgehead atoms. The molecule has 1 fully saturated rings. The van der Waals surface area contributed by atoms with Crippen LogP contribution in [0.4, 0.5) is 17.1 Å². The summed E-state index contributed by atoms with van der Waals surface area (Å²) in [5, 5.41) is 13.4. The van der Waals surface area contributed by atoms with Crippen molar-refractivity contribution < 1.29 is 19.2 Å². The van der Waals surface area contributed by atoms with Gasteiger partial charge in [-0.05, 0) is 54.1 Å². The van der Waals surface area contributed by atoms with Crippen molar-refractivity contribution in [3.05, 3.63) is 94.0 Å². The number of rotatable bonds is 6. The Morgan fingerprint density at radius 3 is 2.31 bits per heavy atom. The molecule has 8 nitrogen and oxygen atoms in total. The molecule has 4 rings (SSSR count). The van der Waals surface area contributed by atoms with E-state index in [1.54, 1.807) is 24.1 Å². The lowest BCUT2D eigenvalue weighted by Gasteiger charge is -2.24. The first-order valence-electron chi connectivity index (χ1n) is 9.70. The minimum absolute atomic E-state index is 0.0284. The molecule has 3 aromatic carbocycles. The molecule has 1 N–H and O–H groups in total. The summed E-state index contributed by atoms with van der Waals surface area (Å²) in [4.78, 5) is 36.9. The number of nitrogens with one attached hydrogen (secondary N) is 1. The van der Waals surface area contributed by atoms with Gasteiger partial charge in [0.2, 0.25) is 5.91 Å². The van der Waals surface area contributed by atoms with Crippen LogP contribution < -0.4 is 15.0 Å². The molecule has 0 radical (unpaired) electrons. The highest BCUT2D eigenvalue weighted by Crippen LogP contribution is 2.42. The Labute approximate surface area is 188 Å². The van der Waals surface area contributed by atoms with Gasteiger partial charge in [0.15, 0.2) is 0 Å². The van der Waals surface area contributed by atoms with Crippen LogP contribution in [0.25, 0.3) is 0 Å². The fourth-order valence-electron chi connectivity index (χ4n) is 3.36. The SMILES string of the molecule is COc1ccc(N2C(=O)CSC2c2ccc(NC(=O)c3ccc([N+](=O)[O-])cc3)cc2)cc1. The smallest absolute Gasteiger partial charge is 0.269 e. The number of ether oxygens (including phenoxy) is 1. The maximum absolute atomic E-state index is 12.5. The van der Waals surface area contributed by atoms with Crippen LogP contribution in [0.2, 0.25) is 0 Å². The van der Waals surface area contributed by atoms with Crippen LogP contribution in [0.5, 0.6) is 5.75 Å². The standard InChI is InChI=1S/C23H19N3O5S/c1-31-20-12-10-18(11-13-20)25-21(27)14-32-23(25)16-2-6-17(7-3-16)24-22(28)15-4-8-19(9-5-15)26(29)30/h2-13,23H,14H2,1H3,(H,24,28). The quantitative estimate of drug-likeness (QED) is 0.435. The summed E-state index contributed by atoms with van der Waals surface area (Å²) in [6.07, 6.45) is 0. The molecule has 0 spiro atoms. The van der Waals surface area contributed by atoms with E-state index in [0.29, 0.717) is 17.0 Å². The van der Waals surface area contributed by atoms with Crippen molar-refractivity contribution in [2.24, 2.45) is 0 Å². The van der Waals surface area contributed by atoms with Crippen LogP contribution in [-0.4, -0.2) is 29.6 Å². The van der Waals surface area contributed by atoms with E-state index < -0.39 is 4.92 Å². The van der Waals surface area contributed by atoms with Gasteiger partial charge in [0.25, 0.3) is 11.6 Å². The van der Waals surface area contributed by atoms with Crippen molar-refractivity contribution in [3.8, 4) is 5.75 Å². The molecule has 1 aliphatic heterocycles. The van der Waals surface area contributed by atoms with Gasteiger partial charge in [-0.3, -0.25) is 24.6 Å². The van der Waals surface area contributed by atoms with Crippen molar-refractivity contribution in [2.75, 3.05) is 23.1 Å². The number of hydrogen-bond donors (Lipinski definition) is 1. The van der Waals surface area contributed by atoms with Crippen LogP contribution in [-0.2, 0) is 4.79 Å². The first kappa shape index (κ1) is 21.4. The number of non-ortho nitro benzene ring substituents is 1. The predicted molar refractivity (Wildman–Crippen MR) is 123 cm³/mol. The summed E-state index contributed by atoms with van der Waals surface area (Å²) >= 11 is 1.54. The van der Waals surface area contributed by atoms with E-state index in [9.17, 15) is 19.7 Å². The van der Waals surface area contributed by atoms with Crippen LogP contribution in [0.1, 0.15) is 21.3 Å².